The number of rotatable bonds is 8. The molecule has 0 saturated heterocycles. The number of hydrogen-bond acceptors (Lipinski definition) is 4. The number of anilines is 1. The summed E-state index contributed by atoms with van der Waals surface area (Å²) in [6, 6.07) is 17.1. The predicted molar refractivity (Wildman–Crippen MR) is 128 cm³/mol. The summed E-state index contributed by atoms with van der Waals surface area (Å²) in [6.07, 6.45) is 0.620. The molecule has 0 unspecified atom stereocenters. The van der Waals surface area contributed by atoms with E-state index in [2.05, 4.69) is 5.32 Å². The molecule has 0 spiro atoms. The molecule has 3 aromatic rings. The van der Waals surface area contributed by atoms with Crippen LogP contribution in [-0.4, -0.2) is 35.7 Å². The summed E-state index contributed by atoms with van der Waals surface area (Å²) in [5.41, 5.74) is 9.17. The van der Waals surface area contributed by atoms with E-state index in [-0.39, 0.29) is 18.4 Å². The first-order chi connectivity index (χ1) is 15.3. The van der Waals surface area contributed by atoms with Gasteiger partial charge in [0.2, 0.25) is 5.91 Å². The van der Waals surface area contributed by atoms with Crippen molar-refractivity contribution < 1.29 is 14.4 Å². The molecule has 2 aromatic carbocycles. The summed E-state index contributed by atoms with van der Waals surface area (Å²) in [5, 5.41) is 3.20. The van der Waals surface area contributed by atoms with E-state index >= 15 is 0 Å². The van der Waals surface area contributed by atoms with Gasteiger partial charge in [-0.15, -0.1) is 11.3 Å². The minimum atomic E-state index is -0.584. The van der Waals surface area contributed by atoms with Crippen molar-refractivity contribution in [3.8, 4) is 0 Å². The Labute approximate surface area is 192 Å². The normalized spacial score (nSPS) is 10.6. The van der Waals surface area contributed by atoms with E-state index in [1.807, 2.05) is 62.4 Å². The van der Waals surface area contributed by atoms with Gasteiger partial charge < -0.3 is 16.0 Å². The first kappa shape index (κ1) is 23.2. The van der Waals surface area contributed by atoms with Crippen molar-refractivity contribution in [3.63, 3.8) is 0 Å². The Morgan fingerprint density at radius 1 is 1.00 bits per heavy atom. The van der Waals surface area contributed by atoms with Crippen LogP contribution in [0.4, 0.5) is 5.00 Å². The first-order valence-corrected chi connectivity index (χ1v) is 11.2. The molecule has 6 nitrogen and oxygen atoms in total. The van der Waals surface area contributed by atoms with Gasteiger partial charge in [0, 0.05) is 17.0 Å². The Balaban J connectivity index is 1.80. The Hall–Kier alpha value is -3.45. The van der Waals surface area contributed by atoms with Crippen LogP contribution in [0.5, 0.6) is 0 Å². The molecule has 0 atom stereocenters. The van der Waals surface area contributed by atoms with Gasteiger partial charge in [-0.25, -0.2) is 0 Å². The predicted octanol–water partition coefficient (Wildman–Crippen LogP) is 4.10. The van der Waals surface area contributed by atoms with Gasteiger partial charge in [0.25, 0.3) is 11.8 Å². The van der Waals surface area contributed by atoms with E-state index in [0.717, 1.165) is 21.6 Å². The lowest BCUT2D eigenvalue weighted by atomic mass is 10.1. The molecule has 0 aliphatic rings. The maximum absolute atomic E-state index is 13.2. The standard InChI is InChI=1S/C25H27N3O3S/c1-16-8-7-11-20(14-16)25(31)28(13-12-19-9-5-4-6-10-19)15-21(29)27-24-22(23(26)30)17(2)18(3)32-24/h4-11,14H,12-13,15H2,1-3H3,(H2,26,30)(H,27,29). The number of amides is 3. The molecule has 0 bridgehead atoms. The number of nitrogens with one attached hydrogen (secondary N) is 1. The van der Waals surface area contributed by atoms with Crippen molar-refractivity contribution in [2.24, 2.45) is 5.73 Å². The van der Waals surface area contributed by atoms with Crippen LogP contribution in [0, 0.1) is 20.8 Å². The number of nitrogens with zero attached hydrogens (tertiary/aromatic N) is 1. The van der Waals surface area contributed by atoms with Crippen molar-refractivity contribution in [2.45, 2.75) is 27.2 Å². The Bertz CT molecular complexity index is 1140. The van der Waals surface area contributed by atoms with Gasteiger partial charge in [-0.1, -0.05) is 48.0 Å². The van der Waals surface area contributed by atoms with E-state index in [0.29, 0.717) is 29.1 Å². The Morgan fingerprint density at radius 3 is 2.38 bits per heavy atom. The fourth-order valence-corrected chi connectivity index (χ4v) is 4.55. The van der Waals surface area contributed by atoms with Gasteiger partial charge in [-0.05, 0) is 50.5 Å². The number of nitrogens with two attached hydrogens (primary N) is 1. The number of primary amides is 1. The smallest absolute Gasteiger partial charge is 0.254 e. The van der Waals surface area contributed by atoms with Gasteiger partial charge in [0.05, 0.1) is 5.56 Å². The van der Waals surface area contributed by atoms with Crippen LogP contribution in [-0.2, 0) is 11.2 Å². The minimum Gasteiger partial charge on any atom is -0.365 e. The van der Waals surface area contributed by atoms with Crippen LogP contribution >= 0.6 is 11.3 Å². The molecule has 0 fully saturated rings. The molecule has 0 aliphatic carbocycles. The molecular weight excluding hydrogens is 422 g/mol. The molecule has 1 aromatic heterocycles. The monoisotopic (exact) mass is 449 g/mol. The minimum absolute atomic E-state index is 0.131. The van der Waals surface area contributed by atoms with Crippen LogP contribution in [0.2, 0.25) is 0 Å². The SMILES string of the molecule is Cc1cccc(C(=O)N(CCc2ccccc2)CC(=O)Nc2sc(C)c(C)c2C(N)=O)c1. The average molecular weight is 450 g/mol. The zero-order valence-electron chi connectivity index (χ0n) is 18.5. The third kappa shape index (κ3) is 5.62. The highest BCUT2D eigenvalue weighted by Gasteiger charge is 2.22. The number of benzene rings is 2. The second-order valence-corrected chi connectivity index (χ2v) is 8.96. The molecule has 0 radical (unpaired) electrons. The number of carbonyl (C=O) groups excluding carboxylic acids is 3. The van der Waals surface area contributed by atoms with Crippen molar-refractivity contribution in [1.29, 1.82) is 0 Å². The molecule has 3 rings (SSSR count). The van der Waals surface area contributed by atoms with Crippen LogP contribution < -0.4 is 11.1 Å². The molecule has 0 saturated carbocycles. The lowest BCUT2D eigenvalue weighted by molar-refractivity contribution is -0.116. The molecule has 3 N–H and O–H groups in total. The summed E-state index contributed by atoms with van der Waals surface area (Å²) >= 11 is 1.31. The summed E-state index contributed by atoms with van der Waals surface area (Å²) in [5.74, 6) is -1.17. The van der Waals surface area contributed by atoms with E-state index in [1.54, 1.807) is 13.0 Å². The fraction of sp³-hybridized carbons (Fsp3) is 0.240. The third-order valence-electron chi connectivity index (χ3n) is 5.28. The summed E-state index contributed by atoms with van der Waals surface area (Å²) in [7, 11) is 0. The number of hydrogen-bond donors (Lipinski definition) is 2. The first-order valence-electron chi connectivity index (χ1n) is 10.4. The maximum Gasteiger partial charge on any atom is 0.254 e. The van der Waals surface area contributed by atoms with E-state index in [4.69, 9.17) is 5.73 Å². The fourth-order valence-electron chi connectivity index (χ4n) is 3.47. The van der Waals surface area contributed by atoms with Crippen LogP contribution in [0.15, 0.2) is 54.6 Å². The van der Waals surface area contributed by atoms with Gasteiger partial charge in [-0.2, -0.15) is 0 Å². The second-order valence-electron chi connectivity index (χ2n) is 7.73. The van der Waals surface area contributed by atoms with Crippen LogP contribution in [0.1, 0.15) is 42.3 Å². The number of carbonyl (C=O) groups is 3. The molecule has 1 heterocycles. The van der Waals surface area contributed by atoms with E-state index in [1.165, 1.54) is 16.2 Å². The quantitative estimate of drug-likeness (QED) is 0.542. The summed E-state index contributed by atoms with van der Waals surface area (Å²) < 4.78 is 0. The summed E-state index contributed by atoms with van der Waals surface area (Å²) in [6.45, 7) is 5.85. The lowest BCUT2D eigenvalue weighted by Crippen LogP contribution is -2.39. The van der Waals surface area contributed by atoms with E-state index < -0.39 is 5.91 Å². The number of aryl methyl sites for hydroxylation is 2. The van der Waals surface area contributed by atoms with Crippen molar-refractivity contribution >= 4 is 34.1 Å². The highest BCUT2D eigenvalue weighted by atomic mass is 32.1. The highest BCUT2D eigenvalue weighted by molar-refractivity contribution is 7.16. The lowest BCUT2D eigenvalue weighted by Gasteiger charge is -2.22. The molecule has 3 amide bonds. The van der Waals surface area contributed by atoms with Gasteiger partial charge in [0.1, 0.15) is 11.5 Å². The van der Waals surface area contributed by atoms with Gasteiger partial charge >= 0.3 is 0 Å². The van der Waals surface area contributed by atoms with Crippen molar-refractivity contribution in [3.05, 3.63) is 87.3 Å². The van der Waals surface area contributed by atoms with Crippen LogP contribution in [0.25, 0.3) is 0 Å². The molecule has 166 valence electrons. The molecule has 7 heteroatoms. The number of thiophene rings is 1. The van der Waals surface area contributed by atoms with Gasteiger partial charge in [-0.3, -0.25) is 14.4 Å². The second kappa shape index (κ2) is 10.2. The topological polar surface area (TPSA) is 92.5 Å². The molecule has 0 aliphatic heterocycles. The molecular formula is C25H27N3O3S. The van der Waals surface area contributed by atoms with Crippen LogP contribution in [0.3, 0.4) is 0 Å². The maximum atomic E-state index is 13.2. The Morgan fingerprint density at radius 2 is 1.72 bits per heavy atom. The van der Waals surface area contributed by atoms with Crippen molar-refractivity contribution in [1.82, 2.24) is 4.90 Å². The van der Waals surface area contributed by atoms with Gasteiger partial charge in [0.15, 0.2) is 0 Å². The molecule has 32 heavy (non-hydrogen) atoms. The zero-order chi connectivity index (χ0) is 23.3. The summed E-state index contributed by atoms with van der Waals surface area (Å²) in [4.78, 5) is 40.4. The van der Waals surface area contributed by atoms with Crippen molar-refractivity contribution in [2.75, 3.05) is 18.4 Å². The Kier molecular flexibility index (Phi) is 7.43. The van der Waals surface area contributed by atoms with E-state index in [9.17, 15) is 14.4 Å². The largest absolute Gasteiger partial charge is 0.365 e. The zero-order valence-corrected chi connectivity index (χ0v) is 19.3. The average Bonchev–Trinajstić information content (AvgIpc) is 3.04. The third-order valence-corrected chi connectivity index (χ3v) is 6.41. The highest BCUT2D eigenvalue weighted by Crippen LogP contribution is 2.32.